The highest BCUT2D eigenvalue weighted by Crippen LogP contribution is 2.21. The van der Waals surface area contributed by atoms with E-state index in [1.54, 1.807) is 0 Å². The summed E-state index contributed by atoms with van der Waals surface area (Å²) in [5.74, 6) is 0.470. The van der Waals surface area contributed by atoms with Crippen LogP contribution in [0.3, 0.4) is 0 Å². The van der Waals surface area contributed by atoms with Crippen LogP contribution in [-0.2, 0) is 9.53 Å². The van der Waals surface area contributed by atoms with Gasteiger partial charge in [0.25, 0.3) is 0 Å². The van der Waals surface area contributed by atoms with Crippen LogP contribution in [0.2, 0.25) is 0 Å². The minimum absolute atomic E-state index is 0.00579. The summed E-state index contributed by atoms with van der Waals surface area (Å²) in [4.78, 5) is 11.5. The quantitative estimate of drug-likeness (QED) is 0.648. The molecule has 1 rings (SSSR count). The molecular weight excluding hydrogens is 176 g/mol. The lowest BCUT2D eigenvalue weighted by molar-refractivity contribution is -0.151. The van der Waals surface area contributed by atoms with Gasteiger partial charge in [0.1, 0.15) is 6.10 Å². The topological polar surface area (TPSA) is 26.3 Å². The standard InChI is InChI=1S/C12H22O2/c1-3-10(2)9-12(13)14-11-7-5-4-6-8-11/h10-11H,3-9H2,1-2H3. The van der Waals surface area contributed by atoms with E-state index < -0.39 is 0 Å². The Bertz CT molecular complexity index is 171. The van der Waals surface area contributed by atoms with Crippen molar-refractivity contribution in [1.82, 2.24) is 0 Å². The van der Waals surface area contributed by atoms with Crippen LogP contribution in [0, 0.1) is 5.92 Å². The first-order valence-corrected chi connectivity index (χ1v) is 5.91. The second-order valence-corrected chi connectivity index (χ2v) is 4.47. The molecule has 82 valence electrons. The van der Waals surface area contributed by atoms with E-state index in [1.165, 1.54) is 19.3 Å². The molecule has 0 aromatic heterocycles. The highest BCUT2D eigenvalue weighted by Gasteiger charge is 2.18. The van der Waals surface area contributed by atoms with Gasteiger partial charge in [-0.3, -0.25) is 4.79 Å². The molecule has 14 heavy (non-hydrogen) atoms. The molecule has 0 aromatic carbocycles. The van der Waals surface area contributed by atoms with Crippen molar-refractivity contribution in [3.8, 4) is 0 Å². The van der Waals surface area contributed by atoms with E-state index in [2.05, 4.69) is 13.8 Å². The Morgan fingerprint density at radius 1 is 1.36 bits per heavy atom. The Labute approximate surface area is 87.0 Å². The van der Waals surface area contributed by atoms with Gasteiger partial charge in [-0.15, -0.1) is 0 Å². The zero-order valence-corrected chi connectivity index (χ0v) is 9.42. The number of esters is 1. The number of carbonyl (C=O) groups excluding carboxylic acids is 1. The Balaban J connectivity index is 2.18. The second-order valence-electron chi connectivity index (χ2n) is 4.47. The lowest BCUT2D eigenvalue weighted by Gasteiger charge is -2.22. The van der Waals surface area contributed by atoms with Crippen molar-refractivity contribution in [1.29, 1.82) is 0 Å². The van der Waals surface area contributed by atoms with Gasteiger partial charge >= 0.3 is 5.97 Å². The summed E-state index contributed by atoms with van der Waals surface area (Å²) < 4.78 is 5.42. The Morgan fingerprint density at radius 2 is 2.00 bits per heavy atom. The summed E-state index contributed by atoms with van der Waals surface area (Å²) in [6.45, 7) is 4.21. The Morgan fingerprint density at radius 3 is 2.57 bits per heavy atom. The van der Waals surface area contributed by atoms with Gasteiger partial charge in [-0.05, 0) is 31.6 Å². The predicted octanol–water partition coefficient (Wildman–Crippen LogP) is 3.30. The largest absolute Gasteiger partial charge is 0.462 e. The van der Waals surface area contributed by atoms with Gasteiger partial charge in [-0.25, -0.2) is 0 Å². The SMILES string of the molecule is CCC(C)CC(=O)OC1CCCCC1. The van der Waals surface area contributed by atoms with E-state index in [-0.39, 0.29) is 12.1 Å². The van der Waals surface area contributed by atoms with E-state index in [0.717, 1.165) is 19.3 Å². The van der Waals surface area contributed by atoms with Crippen molar-refractivity contribution >= 4 is 5.97 Å². The fourth-order valence-corrected chi connectivity index (χ4v) is 1.85. The predicted molar refractivity (Wildman–Crippen MR) is 57.0 cm³/mol. The van der Waals surface area contributed by atoms with Gasteiger partial charge < -0.3 is 4.74 Å². The Kier molecular flexibility index (Phi) is 4.99. The second kappa shape index (κ2) is 6.05. The van der Waals surface area contributed by atoms with Gasteiger partial charge in [0.05, 0.1) is 0 Å². The maximum absolute atomic E-state index is 11.5. The third-order valence-electron chi connectivity index (χ3n) is 3.06. The van der Waals surface area contributed by atoms with Crippen LogP contribution >= 0.6 is 0 Å². The average Bonchev–Trinajstić information content (AvgIpc) is 2.19. The summed E-state index contributed by atoms with van der Waals surface area (Å²) in [6, 6.07) is 0. The van der Waals surface area contributed by atoms with E-state index in [1.807, 2.05) is 0 Å². The minimum Gasteiger partial charge on any atom is -0.462 e. The number of ether oxygens (including phenoxy) is 1. The van der Waals surface area contributed by atoms with Gasteiger partial charge in [0, 0.05) is 6.42 Å². The molecule has 0 heterocycles. The van der Waals surface area contributed by atoms with Crippen molar-refractivity contribution in [3.05, 3.63) is 0 Å². The fraction of sp³-hybridized carbons (Fsp3) is 0.917. The van der Waals surface area contributed by atoms with E-state index in [4.69, 9.17) is 4.74 Å². The van der Waals surface area contributed by atoms with Crippen LogP contribution in [0.25, 0.3) is 0 Å². The molecule has 1 fully saturated rings. The van der Waals surface area contributed by atoms with E-state index in [0.29, 0.717) is 12.3 Å². The molecule has 0 N–H and O–H groups in total. The summed E-state index contributed by atoms with van der Waals surface area (Å²) in [7, 11) is 0. The molecule has 0 aromatic rings. The lowest BCUT2D eigenvalue weighted by Crippen LogP contribution is -2.21. The molecule has 0 bridgehead atoms. The first-order chi connectivity index (χ1) is 6.72. The summed E-state index contributed by atoms with van der Waals surface area (Å²) in [5.41, 5.74) is 0. The lowest BCUT2D eigenvalue weighted by atomic mass is 9.97. The van der Waals surface area contributed by atoms with Crippen LogP contribution in [-0.4, -0.2) is 12.1 Å². The first-order valence-electron chi connectivity index (χ1n) is 5.91. The van der Waals surface area contributed by atoms with Gasteiger partial charge in [0.2, 0.25) is 0 Å². The molecule has 1 aliphatic carbocycles. The summed E-state index contributed by atoms with van der Waals surface area (Å²) >= 11 is 0. The van der Waals surface area contributed by atoms with Crippen LogP contribution < -0.4 is 0 Å². The maximum Gasteiger partial charge on any atom is 0.306 e. The van der Waals surface area contributed by atoms with Crippen LogP contribution in [0.15, 0.2) is 0 Å². The smallest absolute Gasteiger partial charge is 0.306 e. The van der Waals surface area contributed by atoms with Crippen LogP contribution in [0.1, 0.15) is 58.8 Å². The van der Waals surface area contributed by atoms with Gasteiger partial charge in [0.15, 0.2) is 0 Å². The average molecular weight is 198 g/mol. The summed E-state index contributed by atoms with van der Waals surface area (Å²) in [5, 5.41) is 0. The van der Waals surface area contributed by atoms with Crippen molar-refractivity contribution in [2.75, 3.05) is 0 Å². The molecule has 1 saturated carbocycles. The maximum atomic E-state index is 11.5. The molecule has 0 radical (unpaired) electrons. The zero-order valence-electron chi connectivity index (χ0n) is 9.42. The summed E-state index contributed by atoms with van der Waals surface area (Å²) in [6.07, 6.45) is 7.77. The molecule has 1 aliphatic rings. The highest BCUT2D eigenvalue weighted by atomic mass is 16.5. The first kappa shape index (κ1) is 11.5. The van der Waals surface area contributed by atoms with Crippen molar-refractivity contribution in [2.24, 2.45) is 5.92 Å². The molecule has 2 heteroatoms. The normalized spacial score (nSPS) is 20.4. The number of carbonyl (C=O) groups is 1. The highest BCUT2D eigenvalue weighted by molar-refractivity contribution is 5.69. The third-order valence-corrected chi connectivity index (χ3v) is 3.06. The fourth-order valence-electron chi connectivity index (χ4n) is 1.85. The Hall–Kier alpha value is -0.530. The molecule has 2 nitrogen and oxygen atoms in total. The number of hydrogen-bond donors (Lipinski definition) is 0. The number of rotatable bonds is 4. The third kappa shape index (κ3) is 4.12. The molecule has 0 spiro atoms. The molecular formula is C12H22O2. The van der Waals surface area contributed by atoms with Crippen LogP contribution in [0.4, 0.5) is 0 Å². The minimum atomic E-state index is 0.00579. The number of hydrogen-bond acceptors (Lipinski definition) is 2. The molecule has 1 atom stereocenters. The van der Waals surface area contributed by atoms with Crippen molar-refractivity contribution < 1.29 is 9.53 Å². The van der Waals surface area contributed by atoms with Gasteiger partial charge in [-0.2, -0.15) is 0 Å². The van der Waals surface area contributed by atoms with Gasteiger partial charge in [-0.1, -0.05) is 26.7 Å². The van der Waals surface area contributed by atoms with E-state index >= 15 is 0 Å². The molecule has 0 amide bonds. The zero-order chi connectivity index (χ0) is 10.4. The molecule has 0 aliphatic heterocycles. The van der Waals surface area contributed by atoms with E-state index in [9.17, 15) is 4.79 Å². The van der Waals surface area contributed by atoms with Crippen molar-refractivity contribution in [3.63, 3.8) is 0 Å². The monoisotopic (exact) mass is 198 g/mol. The molecule has 0 saturated heterocycles. The van der Waals surface area contributed by atoms with Crippen molar-refractivity contribution in [2.45, 2.75) is 64.9 Å². The van der Waals surface area contributed by atoms with Crippen LogP contribution in [0.5, 0.6) is 0 Å². The molecule has 1 unspecified atom stereocenters.